The van der Waals surface area contributed by atoms with Crippen LogP contribution in [0.5, 0.6) is 0 Å². The van der Waals surface area contributed by atoms with E-state index in [2.05, 4.69) is 27.4 Å². The Labute approximate surface area is 248 Å². The SMILES string of the molecule is C=C[C@H](O[Si](c1ccccc1)(c1ccccc1)C(C)(C)C)[C@@H](C(=O)OC(C)(C)C)N(C)C(=O)OCC(Cl)(Cl)Cl. The Balaban J connectivity index is 2.70. The maximum atomic E-state index is 13.7. The molecule has 0 bridgehead atoms. The minimum atomic E-state index is -3.15. The van der Waals surface area contributed by atoms with Crippen LogP contribution in [0.3, 0.4) is 0 Å². The molecule has 0 aliphatic rings. The molecule has 0 fully saturated rings. The third kappa shape index (κ3) is 8.72. The van der Waals surface area contributed by atoms with Gasteiger partial charge in [-0.05, 0) is 36.2 Å². The summed E-state index contributed by atoms with van der Waals surface area (Å²) >= 11 is 17.3. The van der Waals surface area contributed by atoms with E-state index >= 15 is 0 Å². The Morgan fingerprint density at radius 1 is 0.923 bits per heavy atom. The molecule has 0 spiro atoms. The normalized spacial score (nSPS) is 14.2. The van der Waals surface area contributed by atoms with E-state index in [4.69, 9.17) is 48.7 Å². The second-order valence-electron chi connectivity index (χ2n) is 11.2. The van der Waals surface area contributed by atoms with Crippen molar-refractivity contribution < 1.29 is 23.5 Å². The highest BCUT2D eigenvalue weighted by Crippen LogP contribution is 2.38. The number of ether oxygens (including phenoxy) is 2. The van der Waals surface area contributed by atoms with Crippen LogP contribution in [-0.4, -0.2) is 60.5 Å². The lowest BCUT2D eigenvalue weighted by molar-refractivity contribution is -0.163. The third-order valence-electron chi connectivity index (χ3n) is 5.99. The molecule has 2 aromatic rings. The van der Waals surface area contributed by atoms with E-state index in [0.29, 0.717) is 0 Å². The van der Waals surface area contributed by atoms with E-state index < -0.39 is 53.6 Å². The van der Waals surface area contributed by atoms with Crippen LogP contribution in [0, 0.1) is 0 Å². The number of benzene rings is 2. The van der Waals surface area contributed by atoms with Crippen LogP contribution in [-0.2, 0) is 18.7 Å². The van der Waals surface area contributed by atoms with Crippen LogP contribution in [0.15, 0.2) is 73.3 Å². The van der Waals surface area contributed by atoms with Crippen LogP contribution in [0.4, 0.5) is 4.79 Å². The first kappa shape index (κ1) is 33.2. The monoisotopic (exact) mass is 613 g/mol. The number of esters is 1. The molecule has 0 aliphatic heterocycles. The molecule has 1 amide bonds. The van der Waals surface area contributed by atoms with Crippen molar-refractivity contribution in [3.8, 4) is 0 Å². The zero-order valence-corrected chi connectivity index (χ0v) is 26.8. The molecule has 2 rings (SSSR count). The molecule has 39 heavy (non-hydrogen) atoms. The molecule has 10 heteroatoms. The molecule has 0 radical (unpaired) electrons. The van der Waals surface area contributed by atoms with Crippen LogP contribution in [0.25, 0.3) is 0 Å². The van der Waals surface area contributed by atoms with Gasteiger partial charge in [0, 0.05) is 7.05 Å². The van der Waals surface area contributed by atoms with Crippen LogP contribution in [0.1, 0.15) is 41.5 Å². The molecular formula is C29H38Cl3NO5Si. The fourth-order valence-corrected chi connectivity index (χ4v) is 9.18. The van der Waals surface area contributed by atoms with Gasteiger partial charge in [0.1, 0.15) is 12.2 Å². The molecule has 0 heterocycles. The lowest BCUT2D eigenvalue weighted by Crippen LogP contribution is -2.69. The quantitative estimate of drug-likeness (QED) is 0.144. The molecule has 0 saturated carbocycles. The van der Waals surface area contributed by atoms with Gasteiger partial charge >= 0.3 is 12.1 Å². The first-order chi connectivity index (χ1) is 17.9. The predicted octanol–water partition coefficient (Wildman–Crippen LogP) is 6.27. The molecule has 0 unspecified atom stereocenters. The number of halogens is 3. The maximum Gasteiger partial charge on any atom is 0.410 e. The van der Waals surface area contributed by atoms with Crippen LogP contribution < -0.4 is 10.4 Å². The summed E-state index contributed by atoms with van der Waals surface area (Å²) in [6, 6.07) is 18.6. The van der Waals surface area contributed by atoms with E-state index in [-0.39, 0.29) is 0 Å². The Hall–Kier alpha value is -2.03. The molecule has 0 saturated heterocycles. The molecule has 0 N–H and O–H groups in total. The van der Waals surface area contributed by atoms with E-state index in [1.807, 2.05) is 60.7 Å². The minimum Gasteiger partial charge on any atom is -0.458 e. The number of hydrogen-bond donors (Lipinski definition) is 0. The van der Waals surface area contributed by atoms with E-state index in [0.717, 1.165) is 15.3 Å². The average Bonchev–Trinajstić information content (AvgIpc) is 2.83. The Bertz CT molecular complexity index is 1070. The van der Waals surface area contributed by atoms with Gasteiger partial charge in [0.2, 0.25) is 3.79 Å². The lowest BCUT2D eigenvalue weighted by Gasteiger charge is -2.46. The number of likely N-dealkylation sites (N-methyl/N-ethyl adjacent to an activating group) is 1. The summed E-state index contributed by atoms with van der Waals surface area (Å²) in [4.78, 5) is 27.8. The van der Waals surface area contributed by atoms with Gasteiger partial charge < -0.3 is 13.9 Å². The topological polar surface area (TPSA) is 65.1 Å². The van der Waals surface area contributed by atoms with Crippen molar-refractivity contribution in [2.24, 2.45) is 0 Å². The zero-order valence-electron chi connectivity index (χ0n) is 23.5. The summed E-state index contributed by atoms with van der Waals surface area (Å²) in [6.07, 6.45) is -0.335. The highest BCUT2D eigenvalue weighted by atomic mass is 35.6. The van der Waals surface area contributed by atoms with E-state index in [1.165, 1.54) is 13.1 Å². The lowest BCUT2D eigenvalue weighted by atomic mass is 10.1. The van der Waals surface area contributed by atoms with Gasteiger partial charge in [0.15, 0.2) is 6.04 Å². The molecule has 2 atom stereocenters. The summed E-state index contributed by atoms with van der Waals surface area (Å²) < 4.78 is 16.2. The number of carbonyl (C=O) groups is 2. The summed E-state index contributed by atoms with van der Waals surface area (Å²) in [6.45, 7) is 15.1. The minimum absolute atomic E-state index is 0.399. The van der Waals surface area contributed by atoms with Crippen molar-refractivity contribution >= 4 is 65.6 Å². The number of alkyl halides is 3. The number of hydrogen-bond acceptors (Lipinski definition) is 5. The van der Waals surface area contributed by atoms with Crippen molar-refractivity contribution in [1.29, 1.82) is 0 Å². The number of amides is 1. The number of nitrogens with zero attached hydrogens (tertiary/aromatic N) is 1. The molecule has 2 aromatic carbocycles. The highest BCUT2D eigenvalue weighted by molar-refractivity contribution is 6.99. The molecule has 0 aromatic heterocycles. The standard InChI is InChI=1S/C29H38Cl3NO5Si/c1-9-23(24(25(34)37-27(2,3)4)33(8)26(35)36-20-29(30,31)32)38-39(28(5,6)7,21-16-12-10-13-17-21)22-18-14-11-15-19-22/h9-19,23-24H,1,20H2,2-8H3/t23-,24-/m0/s1. The van der Waals surface area contributed by atoms with Gasteiger partial charge in [-0.1, -0.05) is 122 Å². The smallest absolute Gasteiger partial charge is 0.410 e. The summed E-state index contributed by atoms with van der Waals surface area (Å²) in [5.74, 6) is -0.682. The Morgan fingerprint density at radius 2 is 1.38 bits per heavy atom. The first-order valence-electron chi connectivity index (χ1n) is 12.5. The first-order valence-corrected chi connectivity index (χ1v) is 15.6. The fourth-order valence-electron chi connectivity index (χ4n) is 4.37. The van der Waals surface area contributed by atoms with Gasteiger partial charge in [0.25, 0.3) is 8.32 Å². The van der Waals surface area contributed by atoms with E-state index in [9.17, 15) is 9.59 Å². The average molecular weight is 615 g/mol. The van der Waals surface area contributed by atoms with Crippen LogP contribution in [0.2, 0.25) is 5.04 Å². The molecular weight excluding hydrogens is 577 g/mol. The second kappa shape index (κ2) is 13.1. The van der Waals surface area contributed by atoms with Gasteiger partial charge in [-0.3, -0.25) is 4.90 Å². The van der Waals surface area contributed by atoms with Crippen molar-refractivity contribution in [3.63, 3.8) is 0 Å². The largest absolute Gasteiger partial charge is 0.458 e. The summed E-state index contributed by atoms with van der Waals surface area (Å²) in [5.41, 5.74) is -0.833. The predicted molar refractivity (Wildman–Crippen MR) is 162 cm³/mol. The summed E-state index contributed by atoms with van der Waals surface area (Å²) in [5, 5.41) is 1.60. The fraction of sp³-hybridized carbons (Fsp3) is 0.448. The maximum absolute atomic E-state index is 13.7. The van der Waals surface area contributed by atoms with Crippen molar-refractivity contribution in [2.75, 3.05) is 13.7 Å². The van der Waals surface area contributed by atoms with Gasteiger partial charge in [-0.2, -0.15) is 0 Å². The number of rotatable bonds is 9. The van der Waals surface area contributed by atoms with Crippen molar-refractivity contribution in [2.45, 2.75) is 68.1 Å². The molecule has 0 aliphatic carbocycles. The van der Waals surface area contributed by atoms with E-state index in [1.54, 1.807) is 20.8 Å². The third-order valence-corrected chi connectivity index (χ3v) is 11.3. The Morgan fingerprint density at radius 3 is 1.74 bits per heavy atom. The second-order valence-corrected chi connectivity index (χ2v) is 18.0. The highest BCUT2D eigenvalue weighted by Gasteiger charge is 2.53. The van der Waals surface area contributed by atoms with Gasteiger partial charge in [-0.15, -0.1) is 6.58 Å². The van der Waals surface area contributed by atoms with Gasteiger partial charge in [0.05, 0.1) is 6.10 Å². The van der Waals surface area contributed by atoms with Gasteiger partial charge in [-0.25, -0.2) is 9.59 Å². The Kier molecular flexibility index (Phi) is 11.1. The summed E-state index contributed by atoms with van der Waals surface area (Å²) in [7, 11) is -1.73. The number of carbonyl (C=O) groups excluding carboxylic acids is 2. The molecule has 214 valence electrons. The van der Waals surface area contributed by atoms with Crippen molar-refractivity contribution in [1.82, 2.24) is 4.90 Å². The van der Waals surface area contributed by atoms with Crippen LogP contribution >= 0.6 is 34.8 Å². The zero-order chi connectivity index (χ0) is 29.6. The van der Waals surface area contributed by atoms with Crippen molar-refractivity contribution in [3.05, 3.63) is 73.3 Å². The molecule has 6 nitrogen and oxygen atoms in total.